The first-order valence-electron chi connectivity index (χ1n) is 11.6. The third kappa shape index (κ3) is 4.46. The van der Waals surface area contributed by atoms with Crippen LogP contribution in [0.25, 0.3) is 0 Å². The Balaban J connectivity index is 1.62. The predicted octanol–water partition coefficient (Wildman–Crippen LogP) is 3.33. The van der Waals surface area contributed by atoms with E-state index in [0.717, 1.165) is 18.4 Å². The van der Waals surface area contributed by atoms with Gasteiger partial charge in [0.15, 0.2) is 11.5 Å². The second-order valence-electron chi connectivity index (χ2n) is 10.3. The SMILES string of the molecule is COc1ccc(C2CN(C(=O)C(C)(C)O)CC2(C)C(C)O)cc1OC1Cc2ccccc2C1. The monoisotopic (exact) mass is 453 g/mol. The Morgan fingerprint density at radius 2 is 1.79 bits per heavy atom. The molecule has 4 rings (SSSR count). The quantitative estimate of drug-likeness (QED) is 0.702. The molecular weight excluding hydrogens is 418 g/mol. The summed E-state index contributed by atoms with van der Waals surface area (Å²) in [5, 5.41) is 21.0. The van der Waals surface area contributed by atoms with Gasteiger partial charge in [-0.25, -0.2) is 0 Å². The fourth-order valence-corrected chi connectivity index (χ4v) is 5.25. The molecule has 6 nitrogen and oxygen atoms in total. The molecule has 3 atom stereocenters. The predicted molar refractivity (Wildman–Crippen MR) is 127 cm³/mol. The number of methoxy groups -OCH3 is 1. The van der Waals surface area contributed by atoms with Crippen molar-refractivity contribution in [1.82, 2.24) is 4.90 Å². The van der Waals surface area contributed by atoms with Gasteiger partial charge < -0.3 is 24.6 Å². The van der Waals surface area contributed by atoms with Gasteiger partial charge in [0.05, 0.1) is 13.2 Å². The molecule has 1 heterocycles. The molecular formula is C27H35NO5. The average molecular weight is 454 g/mol. The van der Waals surface area contributed by atoms with E-state index in [4.69, 9.17) is 9.47 Å². The molecule has 0 radical (unpaired) electrons. The Hall–Kier alpha value is -2.57. The molecule has 0 saturated carbocycles. The number of likely N-dealkylation sites (tertiary alicyclic amines) is 1. The summed E-state index contributed by atoms with van der Waals surface area (Å²) in [6, 6.07) is 14.3. The lowest BCUT2D eigenvalue weighted by Gasteiger charge is -2.34. The zero-order valence-corrected chi connectivity index (χ0v) is 20.2. The van der Waals surface area contributed by atoms with Crippen LogP contribution in [-0.2, 0) is 17.6 Å². The van der Waals surface area contributed by atoms with Crippen molar-refractivity contribution in [2.45, 2.75) is 64.3 Å². The van der Waals surface area contributed by atoms with E-state index in [2.05, 4.69) is 24.3 Å². The van der Waals surface area contributed by atoms with E-state index in [1.165, 1.54) is 25.0 Å². The number of hydrogen-bond acceptors (Lipinski definition) is 5. The van der Waals surface area contributed by atoms with Gasteiger partial charge in [0.2, 0.25) is 0 Å². The Morgan fingerprint density at radius 1 is 1.15 bits per heavy atom. The molecule has 33 heavy (non-hydrogen) atoms. The lowest BCUT2D eigenvalue weighted by molar-refractivity contribution is -0.147. The summed E-state index contributed by atoms with van der Waals surface area (Å²) in [5.41, 5.74) is 1.60. The van der Waals surface area contributed by atoms with Crippen molar-refractivity contribution in [2.24, 2.45) is 5.41 Å². The minimum absolute atomic E-state index is 0.0338. The number of hydrogen-bond donors (Lipinski definition) is 2. The van der Waals surface area contributed by atoms with Gasteiger partial charge in [-0.2, -0.15) is 0 Å². The molecule has 2 aromatic rings. The highest BCUT2D eigenvalue weighted by atomic mass is 16.5. The summed E-state index contributed by atoms with van der Waals surface area (Å²) in [6.07, 6.45) is 1.10. The van der Waals surface area contributed by atoms with Crippen LogP contribution in [0.2, 0.25) is 0 Å². The third-order valence-corrected chi connectivity index (χ3v) is 7.39. The first-order chi connectivity index (χ1) is 15.5. The number of amides is 1. The summed E-state index contributed by atoms with van der Waals surface area (Å²) in [7, 11) is 1.63. The maximum absolute atomic E-state index is 12.8. The summed E-state index contributed by atoms with van der Waals surface area (Å²) in [6.45, 7) is 7.56. The number of carbonyl (C=O) groups is 1. The van der Waals surface area contributed by atoms with Crippen molar-refractivity contribution in [3.05, 3.63) is 59.2 Å². The third-order valence-electron chi connectivity index (χ3n) is 7.39. The highest BCUT2D eigenvalue weighted by molar-refractivity contribution is 5.84. The fraction of sp³-hybridized carbons (Fsp3) is 0.519. The standard InChI is InChI=1S/C27H35NO5/c1-17(29)27(4)16-28(25(30)26(2,3)31)15-22(27)20-10-11-23(32-5)24(14-20)33-21-12-18-8-6-7-9-19(18)13-21/h6-11,14,17,21-22,29,31H,12-13,15-16H2,1-5H3. The van der Waals surface area contributed by atoms with Crippen LogP contribution >= 0.6 is 0 Å². The molecule has 6 heteroatoms. The minimum atomic E-state index is -1.46. The lowest BCUT2D eigenvalue weighted by atomic mass is 9.72. The van der Waals surface area contributed by atoms with Crippen LogP contribution in [0, 0.1) is 5.41 Å². The molecule has 1 amide bonds. The maximum Gasteiger partial charge on any atom is 0.253 e. The summed E-state index contributed by atoms with van der Waals surface area (Å²) < 4.78 is 12.0. The first kappa shape index (κ1) is 23.6. The van der Waals surface area contributed by atoms with Gasteiger partial charge in [0.1, 0.15) is 11.7 Å². The zero-order valence-electron chi connectivity index (χ0n) is 20.2. The van der Waals surface area contributed by atoms with Crippen LogP contribution in [0.15, 0.2) is 42.5 Å². The topological polar surface area (TPSA) is 79.2 Å². The zero-order chi connectivity index (χ0) is 24.0. The largest absolute Gasteiger partial charge is 0.493 e. The van der Waals surface area contributed by atoms with Crippen molar-refractivity contribution in [2.75, 3.05) is 20.2 Å². The van der Waals surface area contributed by atoms with Gasteiger partial charge in [-0.3, -0.25) is 4.79 Å². The highest BCUT2D eigenvalue weighted by Gasteiger charge is 2.50. The molecule has 3 unspecified atom stereocenters. The van der Waals surface area contributed by atoms with Crippen LogP contribution in [0.5, 0.6) is 11.5 Å². The van der Waals surface area contributed by atoms with Crippen LogP contribution in [0.3, 0.4) is 0 Å². The molecule has 1 fully saturated rings. The Morgan fingerprint density at radius 3 is 2.33 bits per heavy atom. The van der Waals surface area contributed by atoms with E-state index in [1.54, 1.807) is 18.9 Å². The highest BCUT2D eigenvalue weighted by Crippen LogP contribution is 2.47. The molecule has 0 aromatic heterocycles. The van der Waals surface area contributed by atoms with Gasteiger partial charge in [-0.15, -0.1) is 0 Å². The van der Waals surface area contributed by atoms with Crippen molar-refractivity contribution < 1.29 is 24.5 Å². The van der Waals surface area contributed by atoms with E-state index in [1.807, 2.05) is 25.1 Å². The number of carbonyl (C=O) groups excluding carboxylic acids is 1. The van der Waals surface area contributed by atoms with Gasteiger partial charge in [0, 0.05) is 37.3 Å². The van der Waals surface area contributed by atoms with Gasteiger partial charge >= 0.3 is 0 Å². The van der Waals surface area contributed by atoms with Gasteiger partial charge in [0.25, 0.3) is 5.91 Å². The number of fused-ring (bicyclic) bond motifs is 1. The molecule has 2 aliphatic rings. The van der Waals surface area contributed by atoms with Crippen molar-refractivity contribution in [3.63, 3.8) is 0 Å². The van der Waals surface area contributed by atoms with Crippen LogP contribution in [0.1, 0.15) is 50.3 Å². The second kappa shape index (κ2) is 8.65. The lowest BCUT2D eigenvalue weighted by Crippen LogP contribution is -2.45. The molecule has 1 aliphatic carbocycles. The van der Waals surface area contributed by atoms with Crippen LogP contribution < -0.4 is 9.47 Å². The Kier molecular flexibility index (Phi) is 6.18. The van der Waals surface area contributed by atoms with Gasteiger partial charge in [-0.1, -0.05) is 37.3 Å². The molecule has 0 bridgehead atoms. The number of ether oxygens (including phenoxy) is 2. The molecule has 178 valence electrons. The summed E-state index contributed by atoms with van der Waals surface area (Å²) in [5.74, 6) is 0.896. The second-order valence-corrected chi connectivity index (χ2v) is 10.3. The molecule has 2 N–H and O–H groups in total. The maximum atomic E-state index is 12.8. The number of aliphatic hydroxyl groups excluding tert-OH is 1. The van der Waals surface area contributed by atoms with E-state index >= 15 is 0 Å². The van der Waals surface area contributed by atoms with E-state index in [-0.39, 0.29) is 17.9 Å². The number of benzene rings is 2. The smallest absolute Gasteiger partial charge is 0.253 e. The summed E-state index contributed by atoms with van der Waals surface area (Å²) >= 11 is 0. The molecule has 0 spiro atoms. The summed E-state index contributed by atoms with van der Waals surface area (Å²) in [4.78, 5) is 14.5. The molecule has 2 aromatic carbocycles. The van der Waals surface area contributed by atoms with Crippen LogP contribution in [0.4, 0.5) is 0 Å². The Labute approximate surface area is 196 Å². The number of nitrogens with zero attached hydrogens (tertiary/aromatic N) is 1. The molecule has 1 aliphatic heterocycles. The normalized spacial score (nSPS) is 24.0. The van der Waals surface area contributed by atoms with E-state index in [9.17, 15) is 15.0 Å². The number of aliphatic hydroxyl groups is 2. The van der Waals surface area contributed by atoms with Crippen LogP contribution in [-0.4, -0.2) is 59.0 Å². The Bertz CT molecular complexity index is 1000. The first-order valence-corrected chi connectivity index (χ1v) is 11.6. The van der Waals surface area contributed by atoms with Crippen molar-refractivity contribution in [3.8, 4) is 11.5 Å². The van der Waals surface area contributed by atoms with Gasteiger partial charge in [-0.05, 0) is 49.6 Å². The van der Waals surface area contributed by atoms with Crippen molar-refractivity contribution in [1.29, 1.82) is 0 Å². The number of rotatable bonds is 6. The van der Waals surface area contributed by atoms with E-state index in [0.29, 0.717) is 24.6 Å². The molecule has 1 saturated heterocycles. The van der Waals surface area contributed by atoms with E-state index < -0.39 is 17.1 Å². The average Bonchev–Trinajstić information content (AvgIpc) is 3.33. The fourth-order valence-electron chi connectivity index (χ4n) is 5.25. The van der Waals surface area contributed by atoms with Crippen molar-refractivity contribution >= 4 is 5.91 Å². The minimum Gasteiger partial charge on any atom is -0.493 e.